The number of nitrogens with zero attached hydrogens (tertiary/aromatic N) is 1. The van der Waals surface area contributed by atoms with Crippen LogP contribution in [0, 0.1) is 0 Å². The minimum Gasteiger partial charge on any atom is -0.416 e. The van der Waals surface area contributed by atoms with Gasteiger partial charge in [-0.3, -0.25) is 0 Å². The maximum absolute atomic E-state index is 10.6. The Hall–Kier alpha value is -0.870. The summed E-state index contributed by atoms with van der Waals surface area (Å²) in [5, 5.41) is 9.33. The average molecular weight is 159 g/mol. The summed E-state index contributed by atoms with van der Waals surface area (Å²) < 4.78 is 4.57. The zero-order valence-electron chi connectivity index (χ0n) is 7.00. The first-order valence-corrected chi connectivity index (χ1v) is 3.15. The van der Waals surface area contributed by atoms with Crippen LogP contribution in [-0.4, -0.2) is 36.0 Å². The molecule has 1 atom stereocenters. The van der Waals surface area contributed by atoms with Gasteiger partial charge in [-0.25, -0.2) is 9.69 Å². The van der Waals surface area contributed by atoms with Crippen molar-refractivity contribution in [3.63, 3.8) is 0 Å². The monoisotopic (exact) mass is 159 g/mol. The van der Waals surface area contributed by atoms with Crippen molar-refractivity contribution in [2.24, 2.45) is 0 Å². The van der Waals surface area contributed by atoms with E-state index in [1.165, 1.54) is 11.8 Å². The first-order valence-electron chi connectivity index (χ1n) is 3.15. The van der Waals surface area contributed by atoms with E-state index in [9.17, 15) is 9.90 Å². The van der Waals surface area contributed by atoms with Crippen molar-refractivity contribution in [1.29, 1.82) is 0 Å². The van der Waals surface area contributed by atoms with Gasteiger partial charge in [0.05, 0.1) is 0 Å². The summed E-state index contributed by atoms with van der Waals surface area (Å²) in [6, 6.07) is 0. The summed E-state index contributed by atoms with van der Waals surface area (Å²) >= 11 is 0. The maximum Gasteiger partial charge on any atom is 0.333 e. The Bertz CT molecular complexity index is 163. The topological polar surface area (TPSA) is 49.8 Å². The fourth-order valence-corrected chi connectivity index (χ4v) is 0.324. The first kappa shape index (κ1) is 10.1. The van der Waals surface area contributed by atoms with Gasteiger partial charge < -0.3 is 9.84 Å². The summed E-state index contributed by atoms with van der Waals surface area (Å²) in [5.74, 6) is -2.21. The van der Waals surface area contributed by atoms with E-state index >= 15 is 0 Å². The summed E-state index contributed by atoms with van der Waals surface area (Å²) in [5.41, 5.74) is 0. The van der Waals surface area contributed by atoms with Crippen LogP contribution in [0.3, 0.4) is 0 Å². The summed E-state index contributed by atoms with van der Waals surface area (Å²) in [4.78, 5) is 12.0. The van der Waals surface area contributed by atoms with E-state index in [2.05, 4.69) is 11.3 Å². The van der Waals surface area contributed by atoms with Crippen molar-refractivity contribution >= 4 is 5.97 Å². The Morgan fingerprint density at radius 2 is 2.18 bits per heavy atom. The molecule has 0 bridgehead atoms. The molecule has 4 heteroatoms. The van der Waals surface area contributed by atoms with Gasteiger partial charge in [0, 0.05) is 13.0 Å². The molecule has 0 spiro atoms. The minimum atomic E-state index is -1.56. The fraction of sp³-hybridized carbons (Fsp3) is 0.571. The molecule has 0 aliphatic heterocycles. The normalized spacial score (nSPS) is 15.7. The lowest BCUT2D eigenvalue weighted by Crippen LogP contribution is -2.44. The van der Waals surface area contributed by atoms with Crippen LogP contribution < -0.4 is 0 Å². The molecule has 0 rings (SSSR count). The third kappa shape index (κ3) is 3.15. The van der Waals surface area contributed by atoms with E-state index in [0.717, 1.165) is 6.08 Å². The number of aliphatic hydroxyl groups is 1. The minimum absolute atomic E-state index is 0.649. The van der Waals surface area contributed by atoms with Crippen molar-refractivity contribution < 1.29 is 14.6 Å². The highest BCUT2D eigenvalue weighted by atomic mass is 16.7. The standard InChI is InChI=1S/C7H13NO3/c1-5-6(9)11-7(2,10)8(3)4/h5,10H,1H2,2-4H3. The fourth-order valence-electron chi connectivity index (χ4n) is 0.324. The molecule has 0 saturated carbocycles. The van der Waals surface area contributed by atoms with Gasteiger partial charge in [0.1, 0.15) is 0 Å². The predicted octanol–water partition coefficient (Wildman–Crippen LogP) is -0.0568. The van der Waals surface area contributed by atoms with Gasteiger partial charge in [-0.2, -0.15) is 0 Å². The highest BCUT2D eigenvalue weighted by molar-refractivity contribution is 5.81. The molecule has 11 heavy (non-hydrogen) atoms. The molecule has 4 nitrogen and oxygen atoms in total. The number of carbonyl (C=O) groups is 1. The van der Waals surface area contributed by atoms with E-state index in [4.69, 9.17) is 0 Å². The second-order valence-electron chi connectivity index (χ2n) is 2.45. The SMILES string of the molecule is C=CC(=O)OC(C)(O)N(C)C. The van der Waals surface area contributed by atoms with Crippen LogP contribution >= 0.6 is 0 Å². The van der Waals surface area contributed by atoms with Crippen LogP contribution in [0.15, 0.2) is 12.7 Å². The van der Waals surface area contributed by atoms with Crippen molar-refractivity contribution in [1.82, 2.24) is 4.90 Å². The van der Waals surface area contributed by atoms with Gasteiger partial charge in [0.15, 0.2) is 0 Å². The Morgan fingerprint density at radius 3 is 2.45 bits per heavy atom. The number of carbonyl (C=O) groups excluding carboxylic acids is 1. The molecule has 0 aromatic rings. The molecule has 0 saturated heterocycles. The Balaban J connectivity index is 4.11. The molecular weight excluding hydrogens is 146 g/mol. The van der Waals surface area contributed by atoms with Crippen LogP contribution in [-0.2, 0) is 9.53 Å². The van der Waals surface area contributed by atoms with Crippen LogP contribution in [0.5, 0.6) is 0 Å². The van der Waals surface area contributed by atoms with Crippen LogP contribution in [0.1, 0.15) is 6.92 Å². The number of hydrogen-bond acceptors (Lipinski definition) is 4. The highest BCUT2D eigenvalue weighted by Gasteiger charge is 2.26. The number of ether oxygens (including phenoxy) is 1. The molecule has 1 N–H and O–H groups in total. The maximum atomic E-state index is 10.6. The predicted molar refractivity (Wildman–Crippen MR) is 40.6 cm³/mol. The highest BCUT2D eigenvalue weighted by Crippen LogP contribution is 2.08. The van der Waals surface area contributed by atoms with E-state index in [1.54, 1.807) is 14.1 Å². The number of esters is 1. The van der Waals surface area contributed by atoms with Gasteiger partial charge in [-0.15, -0.1) is 0 Å². The molecule has 0 aromatic heterocycles. The molecule has 1 unspecified atom stereocenters. The van der Waals surface area contributed by atoms with Crippen LogP contribution in [0.4, 0.5) is 0 Å². The Kier molecular flexibility index (Phi) is 3.22. The molecule has 0 heterocycles. The summed E-state index contributed by atoms with van der Waals surface area (Å²) in [6.45, 7) is 4.57. The molecular formula is C7H13NO3. The Morgan fingerprint density at radius 1 is 1.73 bits per heavy atom. The van der Waals surface area contributed by atoms with E-state index < -0.39 is 11.9 Å². The molecule has 0 aromatic carbocycles. The first-order chi connectivity index (χ1) is 4.90. The largest absolute Gasteiger partial charge is 0.416 e. The second-order valence-corrected chi connectivity index (χ2v) is 2.45. The molecule has 64 valence electrons. The van der Waals surface area contributed by atoms with E-state index in [1.807, 2.05) is 0 Å². The van der Waals surface area contributed by atoms with Gasteiger partial charge in [-0.05, 0) is 14.1 Å². The molecule has 0 amide bonds. The van der Waals surface area contributed by atoms with Crippen molar-refractivity contribution in [3.05, 3.63) is 12.7 Å². The smallest absolute Gasteiger partial charge is 0.333 e. The lowest BCUT2D eigenvalue weighted by Gasteiger charge is -2.28. The third-order valence-corrected chi connectivity index (χ3v) is 1.29. The van der Waals surface area contributed by atoms with Gasteiger partial charge >= 0.3 is 5.97 Å². The van der Waals surface area contributed by atoms with Gasteiger partial charge in [0.2, 0.25) is 0 Å². The Labute approximate surface area is 66.1 Å². The van der Waals surface area contributed by atoms with Crippen molar-refractivity contribution in [3.8, 4) is 0 Å². The average Bonchev–Trinajstić information content (AvgIpc) is 1.86. The lowest BCUT2D eigenvalue weighted by atomic mass is 10.5. The molecule has 0 aliphatic carbocycles. The zero-order valence-corrected chi connectivity index (χ0v) is 7.00. The van der Waals surface area contributed by atoms with Crippen LogP contribution in [0.2, 0.25) is 0 Å². The van der Waals surface area contributed by atoms with Crippen molar-refractivity contribution in [2.75, 3.05) is 14.1 Å². The van der Waals surface area contributed by atoms with E-state index in [0.29, 0.717) is 0 Å². The summed E-state index contributed by atoms with van der Waals surface area (Å²) in [6.07, 6.45) is 0.998. The molecule has 0 fully saturated rings. The second kappa shape index (κ2) is 3.50. The summed E-state index contributed by atoms with van der Waals surface area (Å²) in [7, 11) is 3.19. The third-order valence-electron chi connectivity index (χ3n) is 1.29. The molecule has 0 aliphatic rings. The van der Waals surface area contributed by atoms with Gasteiger partial charge in [-0.1, -0.05) is 6.58 Å². The lowest BCUT2D eigenvalue weighted by molar-refractivity contribution is -0.252. The van der Waals surface area contributed by atoms with Crippen molar-refractivity contribution in [2.45, 2.75) is 12.8 Å². The van der Waals surface area contributed by atoms with Gasteiger partial charge in [0.25, 0.3) is 5.91 Å². The number of rotatable bonds is 3. The van der Waals surface area contributed by atoms with E-state index in [-0.39, 0.29) is 0 Å². The quantitative estimate of drug-likeness (QED) is 0.356. The van der Waals surface area contributed by atoms with Crippen LogP contribution in [0.25, 0.3) is 0 Å². The molecule has 0 radical (unpaired) electrons. The zero-order chi connectivity index (χ0) is 9.07. The number of hydrogen-bond donors (Lipinski definition) is 1.